The number of benzene rings is 1. The number of nitrogens with zero attached hydrogens (tertiary/aromatic N) is 2. The van der Waals surface area contributed by atoms with Crippen molar-refractivity contribution in [3.63, 3.8) is 0 Å². The first kappa shape index (κ1) is 18.4. The number of hydrogen-bond donors (Lipinski definition) is 0. The summed E-state index contributed by atoms with van der Waals surface area (Å²) in [6, 6.07) is 4.91. The third kappa shape index (κ3) is 3.73. The Morgan fingerprint density at radius 1 is 1.30 bits per heavy atom. The summed E-state index contributed by atoms with van der Waals surface area (Å²) in [7, 11) is -3.13. The zero-order valence-electron chi connectivity index (χ0n) is 14.8. The predicted molar refractivity (Wildman–Crippen MR) is 103 cm³/mol. The van der Waals surface area contributed by atoms with Crippen LogP contribution in [0.2, 0.25) is 0 Å². The fourth-order valence-corrected chi connectivity index (χ4v) is 6.21. The van der Waals surface area contributed by atoms with Crippen LogP contribution in [0.3, 0.4) is 0 Å². The summed E-state index contributed by atoms with van der Waals surface area (Å²) in [5, 5.41) is 0.629. The van der Waals surface area contributed by atoms with Crippen LogP contribution in [0, 0.1) is 0 Å². The molecular weight excluding hydrogens is 392 g/mol. The van der Waals surface area contributed by atoms with E-state index >= 15 is 0 Å². The molecule has 0 bridgehead atoms. The largest absolute Gasteiger partial charge is 0.486 e. The van der Waals surface area contributed by atoms with Gasteiger partial charge >= 0.3 is 5.97 Å². The number of rotatable bonds is 4. The molecule has 3 heterocycles. The molecule has 8 nitrogen and oxygen atoms in total. The molecule has 0 aliphatic carbocycles. The molecule has 0 unspecified atom stereocenters. The minimum atomic E-state index is -3.13. The number of anilines is 1. The molecule has 3 aliphatic heterocycles. The fourth-order valence-electron chi connectivity index (χ4n) is 3.44. The van der Waals surface area contributed by atoms with Crippen molar-refractivity contribution >= 4 is 38.4 Å². The van der Waals surface area contributed by atoms with Gasteiger partial charge in [0.2, 0.25) is 0 Å². The van der Waals surface area contributed by atoms with Crippen molar-refractivity contribution in [3.05, 3.63) is 18.2 Å². The molecule has 3 aliphatic rings. The Labute approximate surface area is 161 Å². The number of ether oxygens (including phenoxy) is 3. The number of fused-ring (bicyclic) bond motifs is 2. The minimum Gasteiger partial charge on any atom is -0.486 e. The highest BCUT2D eigenvalue weighted by Crippen LogP contribution is 2.39. The topological polar surface area (TPSA) is 94.5 Å². The van der Waals surface area contributed by atoms with E-state index in [4.69, 9.17) is 14.2 Å². The molecule has 1 aromatic rings. The second-order valence-corrected chi connectivity index (χ2v) is 9.51. The van der Waals surface area contributed by atoms with Crippen LogP contribution >= 0.6 is 11.8 Å². The summed E-state index contributed by atoms with van der Waals surface area (Å²) in [4.78, 5) is 18.2. The fraction of sp³-hybridized carbons (Fsp3) is 0.529. The standard InChI is InChI=1S/C17H20N2O6S2/c1-2-23-16(20)8-26-17-18-12-9-27(21,22)10-13(12)19(17)11-3-4-14-15(7-11)25-6-5-24-14/h3-4,7,12-13H,2,5-6,8-10H2,1H3/t12-,13+/m1/s1. The van der Waals surface area contributed by atoms with E-state index in [0.29, 0.717) is 36.5 Å². The third-order valence-electron chi connectivity index (χ3n) is 4.54. The second-order valence-electron chi connectivity index (χ2n) is 6.41. The molecule has 2 atom stereocenters. The van der Waals surface area contributed by atoms with Crippen molar-refractivity contribution in [2.75, 3.05) is 42.0 Å². The molecule has 146 valence electrons. The van der Waals surface area contributed by atoms with Crippen molar-refractivity contribution in [2.24, 2.45) is 4.99 Å². The van der Waals surface area contributed by atoms with E-state index in [1.165, 1.54) is 11.8 Å². The van der Waals surface area contributed by atoms with Gasteiger partial charge in [-0.2, -0.15) is 0 Å². The van der Waals surface area contributed by atoms with Crippen molar-refractivity contribution in [3.8, 4) is 11.5 Å². The van der Waals surface area contributed by atoms with Crippen molar-refractivity contribution in [1.29, 1.82) is 0 Å². The molecule has 1 saturated heterocycles. The van der Waals surface area contributed by atoms with Gasteiger partial charge in [-0.05, 0) is 19.1 Å². The summed E-state index contributed by atoms with van der Waals surface area (Å²) in [6.45, 7) is 3.05. The number of amidine groups is 1. The zero-order chi connectivity index (χ0) is 19.0. The van der Waals surface area contributed by atoms with Crippen LogP contribution in [0.15, 0.2) is 23.2 Å². The lowest BCUT2D eigenvalue weighted by Crippen LogP contribution is -2.39. The van der Waals surface area contributed by atoms with Crippen LogP contribution < -0.4 is 14.4 Å². The highest BCUT2D eigenvalue weighted by Gasteiger charge is 2.47. The summed E-state index contributed by atoms with van der Waals surface area (Å²) in [6.07, 6.45) is 0. The van der Waals surface area contributed by atoms with E-state index in [-0.39, 0.29) is 35.3 Å². The Balaban J connectivity index is 1.62. The van der Waals surface area contributed by atoms with Gasteiger partial charge < -0.3 is 19.1 Å². The van der Waals surface area contributed by atoms with Gasteiger partial charge in [0.05, 0.1) is 35.9 Å². The highest BCUT2D eigenvalue weighted by atomic mass is 32.2. The maximum atomic E-state index is 12.1. The molecule has 0 saturated carbocycles. The van der Waals surface area contributed by atoms with Gasteiger partial charge in [-0.3, -0.25) is 9.79 Å². The summed E-state index contributed by atoms with van der Waals surface area (Å²) >= 11 is 1.26. The van der Waals surface area contributed by atoms with E-state index < -0.39 is 9.84 Å². The van der Waals surface area contributed by atoms with E-state index in [9.17, 15) is 13.2 Å². The predicted octanol–water partition coefficient (Wildman–Crippen LogP) is 1.10. The molecule has 0 N–H and O–H groups in total. The molecule has 4 rings (SSSR count). The van der Waals surface area contributed by atoms with Crippen molar-refractivity contribution < 1.29 is 27.4 Å². The smallest absolute Gasteiger partial charge is 0.316 e. The Bertz CT molecular complexity index is 885. The summed E-state index contributed by atoms with van der Waals surface area (Å²) in [5.74, 6) is 1.16. The van der Waals surface area contributed by atoms with E-state index in [2.05, 4.69) is 4.99 Å². The van der Waals surface area contributed by atoms with E-state index in [1.54, 1.807) is 6.92 Å². The van der Waals surface area contributed by atoms with E-state index in [1.807, 2.05) is 23.1 Å². The first-order valence-corrected chi connectivity index (χ1v) is 11.5. The quantitative estimate of drug-likeness (QED) is 0.679. The lowest BCUT2D eigenvalue weighted by molar-refractivity contribution is -0.139. The first-order valence-electron chi connectivity index (χ1n) is 8.72. The Hall–Kier alpha value is -1.94. The monoisotopic (exact) mass is 412 g/mol. The van der Waals surface area contributed by atoms with Crippen molar-refractivity contribution in [2.45, 2.75) is 19.0 Å². The Morgan fingerprint density at radius 3 is 2.85 bits per heavy atom. The lowest BCUT2D eigenvalue weighted by atomic mass is 10.1. The highest BCUT2D eigenvalue weighted by molar-refractivity contribution is 8.14. The van der Waals surface area contributed by atoms with Gasteiger partial charge in [0.15, 0.2) is 26.5 Å². The first-order chi connectivity index (χ1) is 13.0. The van der Waals surface area contributed by atoms with Crippen LogP contribution in [-0.4, -0.2) is 68.7 Å². The van der Waals surface area contributed by atoms with Gasteiger partial charge in [0, 0.05) is 11.8 Å². The van der Waals surface area contributed by atoms with Gasteiger partial charge in [-0.1, -0.05) is 11.8 Å². The number of thioether (sulfide) groups is 1. The number of carbonyl (C=O) groups excluding carboxylic acids is 1. The van der Waals surface area contributed by atoms with Crippen LogP contribution in [-0.2, 0) is 19.4 Å². The molecule has 1 fully saturated rings. The Morgan fingerprint density at radius 2 is 2.07 bits per heavy atom. The second kappa shape index (κ2) is 7.23. The minimum absolute atomic E-state index is 0.0299. The molecule has 0 amide bonds. The van der Waals surface area contributed by atoms with Crippen LogP contribution in [0.1, 0.15) is 6.92 Å². The number of sulfone groups is 1. The molecule has 0 aromatic heterocycles. The van der Waals surface area contributed by atoms with Gasteiger partial charge in [-0.15, -0.1) is 0 Å². The maximum Gasteiger partial charge on any atom is 0.316 e. The van der Waals surface area contributed by atoms with Gasteiger partial charge in [0.1, 0.15) is 13.2 Å². The third-order valence-corrected chi connectivity index (χ3v) is 7.18. The van der Waals surface area contributed by atoms with Gasteiger partial charge in [-0.25, -0.2) is 8.42 Å². The average Bonchev–Trinajstić information content (AvgIpc) is 3.11. The SMILES string of the molecule is CCOC(=O)CSC1=N[C@@H]2CS(=O)(=O)C[C@@H]2N1c1ccc2c(c1)OCCO2. The zero-order valence-corrected chi connectivity index (χ0v) is 16.4. The van der Waals surface area contributed by atoms with E-state index in [0.717, 1.165) is 5.69 Å². The number of carbonyl (C=O) groups is 1. The maximum absolute atomic E-state index is 12.1. The molecule has 27 heavy (non-hydrogen) atoms. The number of esters is 1. The lowest BCUT2D eigenvalue weighted by Gasteiger charge is -2.28. The molecule has 0 spiro atoms. The normalized spacial score (nSPS) is 25.1. The van der Waals surface area contributed by atoms with Crippen LogP contribution in [0.4, 0.5) is 5.69 Å². The van der Waals surface area contributed by atoms with Gasteiger partial charge in [0.25, 0.3) is 0 Å². The van der Waals surface area contributed by atoms with Crippen LogP contribution in [0.25, 0.3) is 0 Å². The molecule has 0 radical (unpaired) electrons. The number of aliphatic imine (C=N–C) groups is 1. The Kier molecular flexibility index (Phi) is 4.94. The average molecular weight is 412 g/mol. The summed E-state index contributed by atoms with van der Waals surface area (Å²) in [5.41, 5.74) is 0.777. The molecular formula is C17H20N2O6S2. The molecule has 1 aromatic carbocycles. The van der Waals surface area contributed by atoms with Crippen LogP contribution in [0.5, 0.6) is 11.5 Å². The van der Waals surface area contributed by atoms with Crippen molar-refractivity contribution in [1.82, 2.24) is 0 Å². The molecule has 10 heteroatoms. The summed E-state index contributed by atoms with van der Waals surface area (Å²) < 4.78 is 40.4. The number of hydrogen-bond acceptors (Lipinski definition) is 9.